The fourth-order valence-corrected chi connectivity index (χ4v) is 3.15. The van der Waals surface area contributed by atoms with Crippen LogP contribution in [0.4, 0.5) is 11.4 Å². The Labute approximate surface area is 117 Å². The summed E-state index contributed by atoms with van der Waals surface area (Å²) in [6, 6.07) is 13.1. The van der Waals surface area contributed by atoms with E-state index >= 15 is 0 Å². The first-order valence-corrected chi connectivity index (χ1v) is 7.34. The van der Waals surface area contributed by atoms with Crippen molar-refractivity contribution in [1.29, 1.82) is 0 Å². The lowest BCUT2D eigenvalue weighted by Gasteiger charge is -2.20. The fraction of sp³-hybridized carbons (Fsp3) is 0.0769. The van der Waals surface area contributed by atoms with Crippen LogP contribution in [0.5, 0.6) is 0 Å². The molecule has 0 aromatic heterocycles. The van der Waals surface area contributed by atoms with Crippen LogP contribution in [-0.2, 0) is 10.0 Å². The Bertz CT molecular complexity index is 687. The lowest BCUT2D eigenvalue weighted by atomic mass is 10.3. The molecule has 19 heavy (non-hydrogen) atoms. The molecule has 0 atom stereocenters. The smallest absolute Gasteiger partial charge is 0.266 e. The van der Waals surface area contributed by atoms with E-state index < -0.39 is 10.0 Å². The van der Waals surface area contributed by atoms with Gasteiger partial charge in [-0.05, 0) is 30.3 Å². The van der Waals surface area contributed by atoms with Crippen molar-refractivity contribution in [3.8, 4) is 0 Å². The van der Waals surface area contributed by atoms with Gasteiger partial charge in [0.2, 0.25) is 0 Å². The largest absolute Gasteiger partial charge is 0.398 e. The second-order valence-corrected chi connectivity index (χ2v) is 6.36. The number of para-hydroxylation sites is 1. The highest BCUT2D eigenvalue weighted by Gasteiger charge is 2.23. The molecule has 2 N–H and O–H groups in total. The summed E-state index contributed by atoms with van der Waals surface area (Å²) in [5, 5.41) is 0.402. The van der Waals surface area contributed by atoms with Crippen LogP contribution in [0.1, 0.15) is 0 Å². The minimum absolute atomic E-state index is 0.0447. The van der Waals surface area contributed by atoms with Gasteiger partial charge in [0, 0.05) is 12.1 Å². The van der Waals surface area contributed by atoms with E-state index in [0.717, 1.165) is 0 Å². The van der Waals surface area contributed by atoms with Gasteiger partial charge in [0.05, 0.1) is 11.4 Å². The molecule has 2 aromatic carbocycles. The van der Waals surface area contributed by atoms with E-state index in [1.54, 1.807) is 24.3 Å². The first-order chi connectivity index (χ1) is 8.93. The van der Waals surface area contributed by atoms with Crippen LogP contribution < -0.4 is 10.0 Å². The molecular weight excluding hydrogens is 284 g/mol. The first kappa shape index (κ1) is 13.7. The van der Waals surface area contributed by atoms with E-state index in [2.05, 4.69) is 0 Å². The average Bonchev–Trinajstić information content (AvgIpc) is 2.38. The van der Waals surface area contributed by atoms with Gasteiger partial charge in [0.15, 0.2) is 0 Å². The Balaban J connectivity index is 2.48. The highest BCUT2D eigenvalue weighted by Crippen LogP contribution is 2.27. The predicted octanol–water partition coefficient (Wildman–Crippen LogP) is 2.75. The molecule has 0 amide bonds. The number of hydrogen-bond acceptors (Lipinski definition) is 3. The molecule has 4 nitrogen and oxygen atoms in total. The number of sulfonamides is 1. The molecule has 0 unspecified atom stereocenters. The number of rotatable bonds is 3. The van der Waals surface area contributed by atoms with Crippen LogP contribution in [0, 0.1) is 0 Å². The van der Waals surface area contributed by atoms with E-state index in [0.29, 0.717) is 10.7 Å². The number of nitrogen functional groups attached to an aromatic ring is 1. The van der Waals surface area contributed by atoms with Crippen molar-refractivity contribution in [2.24, 2.45) is 0 Å². The second kappa shape index (κ2) is 5.11. The van der Waals surface area contributed by atoms with Gasteiger partial charge in [-0.25, -0.2) is 8.42 Å². The summed E-state index contributed by atoms with van der Waals surface area (Å²) in [5.74, 6) is 0. The molecule has 0 heterocycles. The molecule has 0 saturated heterocycles. The van der Waals surface area contributed by atoms with Crippen LogP contribution in [0.25, 0.3) is 0 Å². The summed E-state index contributed by atoms with van der Waals surface area (Å²) in [6.45, 7) is 0. The summed E-state index contributed by atoms with van der Waals surface area (Å²) < 4.78 is 26.1. The quantitative estimate of drug-likeness (QED) is 0.886. The van der Waals surface area contributed by atoms with Crippen LogP contribution in [0.3, 0.4) is 0 Å². The Morgan fingerprint density at radius 2 is 1.74 bits per heavy atom. The minimum atomic E-state index is -3.69. The molecule has 0 aliphatic rings. The van der Waals surface area contributed by atoms with Gasteiger partial charge >= 0.3 is 0 Å². The number of anilines is 2. The maximum Gasteiger partial charge on any atom is 0.266 e. The standard InChI is InChI=1S/C13H13ClN2O2S/c1-16(11-5-3-2-4-6-11)19(17,18)13-8-7-10(14)9-12(13)15/h2-9H,15H2,1H3. The van der Waals surface area contributed by atoms with Gasteiger partial charge < -0.3 is 5.73 Å². The molecule has 0 fully saturated rings. The topological polar surface area (TPSA) is 63.4 Å². The lowest BCUT2D eigenvalue weighted by molar-refractivity contribution is 0.595. The Kier molecular flexibility index (Phi) is 3.68. The third kappa shape index (κ3) is 2.67. The molecule has 0 spiro atoms. The molecule has 0 aliphatic carbocycles. The molecule has 2 aromatic rings. The third-order valence-electron chi connectivity index (χ3n) is 2.73. The molecule has 6 heteroatoms. The van der Waals surface area contributed by atoms with Gasteiger partial charge in [-0.3, -0.25) is 4.31 Å². The monoisotopic (exact) mass is 296 g/mol. The highest BCUT2D eigenvalue weighted by molar-refractivity contribution is 7.93. The summed E-state index contributed by atoms with van der Waals surface area (Å²) in [4.78, 5) is 0.0447. The molecule has 2 rings (SSSR count). The molecular formula is C13H13ClN2O2S. The number of hydrogen-bond donors (Lipinski definition) is 1. The SMILES string of the molecule is CN(c1ccccc1)S(=O)(=O)c1ccc(Cl)cc1N. The van der Waals surface area contributed by atoms with Crippen molar-refractivity contribution in [2.45, 2.75) is 4.90 Å². The summed E-state index contributed by atoms with van der Waals surface area (Å²) in [6.07, 6.45) is 0. The van der Waals surface area contributed by atoms with Crippen LogP contribution in [-0.4, -0.2) is 15.5 Å². The van der Waals surface area contributed by atoms with E-state index in [1.807, 2.05) is 6.07 Å². The van der Waals surface area contributed by atoms with Crippen molar-refractivity contribution >= 4 is 33.0 Å². The van der Waals surface area contributed by atoms with E-state index in [1.165, 1.54) is 29.6 Å². The molecule has 0 aliphatic heterocycles. The number of nitrogens with zero attached hydrogens (tertiary/aromatic N) is 1. The number of nitrogens with two attached hydrogens (primary N) is 1. The maximum atomic E-state index is 12.5. The van der Waals surface area contributed by atoms with Crippen LogP contribution >= 0.6 is 11.6 Å². The summed E-state index contributed by atoms with van der Waals surface area (Å²) in [7, 11) is -2.20. The van der Waals surface area contributed by atoms with E-state index in [-0.39, 0.29) is 10.6 Å². The van der Waals surface area contributed by atoms with Crippen molar-refractivity contribution in [3.05, 3.63) is 53.6 Å². The second-order valence-electron chi connectivity index (χ2n) is 3.99. The zero-order chi connectivity index (χ0) is 14.0. The van der Waals surface area contributed by atoms with Crippen LogP contribution in [0.15, 0.2) is 53.4 Å². The van der Waals surface area contributed by atoms with Gasteiger partial charge in [0.1, 0.15) is 4.90 Å². The zero-order valence-electron chi connectivity index (χ0n) is 10.2. The van der Waals surface area contributed by atoms with Crippen molar-refractivity contribution in [3.63, 3.8) is 0 Å². The molecule has 100 valence electrons. The molecule has 0 saturated carbocycles. The van der Waals surface area contributed by atoms with Gasteiger partial charge in [0.25, 0.3) is 10.0 Å². The van der Waals surface area contributed by atoms with Crippen LogP contribution in [0.2, 0.25) is 5.02 Å². The van der Waals surface area contributed by atoms with E-state index in [4.69, 9.17) is 17.3 Å². The van der Waals surface area contributed by atoms with Gasteiger partial charge in [-0.1, -0.05) is 29.8 Å². The van der Waals surface area contributed by atoms with Crippen molar-refractivity contribution in [1.82, 2.24) is 0 Å². The Hall–Kier alpha value is -1.72. The number of halogens is 1. The Morgan fingerprint density at radius 3 is 2.32 bits per heavy atom. The maximum absolute atomic E-state index is 12.5. The average molecular weight is 297 g/mol. The zero-order valence-corrected chi connectivity index (χ0v) is 11.8. The fourth-order valence-electron chi connectivity index (χ4n) is 1.68. The lowest BCUT2D eigenvalue weighted by Crippen LogP contribution is -2.27. The first-order valence-electron chi connectivity index (χ1n) is 5.52. The highest BCUT2D eigenvalue weighted by atomic mass is 35.5. The third-order valence-corrected chi connectivity index (χ3v) is 4.82. The summed E-state index contributed by atoms with van der Waals surface area (Å²) >= 11 is 5.78. The minimum Gasteiger partial charge on any atom is -0.398 e. The molecule has 0 bridgehead atoms. The normalized spacial score (nSPS) is 11.3. The van der Waals surface area contributed by atoms with Crippen molar-refractivity contribution in [2.75, 3.05) is 17.1 Å². The van der Waals surface area contributed by atoms with Gasteiger partial charge in [-0.2, -0.15) is 0 Å². The predicted molar refractivity (Wildman–Crippen MR) is 77.9 cm³/mol. The number of benzene rings is 2. The van der Waals surface area contributed by atoms with Crippen molar-refractivity contribution < 1.29 is 8.42 Å². The summed E-state index contributed by atoms with van der Waals surface area (Å²) in [5.41, 5.74) is 6.43. The van der Waals surface area contributed by atoms with E-state index in [9.17, 15) is 8.42 Å². The molecule has 0 radical (unpaired) electrons. The van der Waals surface area contributed by atoms with Gasteiger partial charge in [-0.15, -0.1) is 0 Å². The Morgan fingerprint density at radius 1 is 1.11 bits per heavy atom.